The predicted molar refractivity (Wildman–Crippen MR) is 34.8 cm³/mol. The quantitative estimate of drug-likeness (QED) is 0.529. The fourth-order valence-electron chi connectivity index (χ4n) is 0.669. The molecule has 1 rings (SSSR count). The second-order valence-electron chi connectivity index (χ2n) is 1.90. The first-order chi connectivity index (χ1) is 4.33. The van der Waals surface area contributed by atoms with Crippen molar-refractivity contribution in [1.82, 2.24) is 0 Å². The van der Waals surface area contributed by atoms with Gasteiger partial charge in [-0.1, -0.05) is 6.08 Å². The van der Waals surface area contributed by atoms with Crippen molar-refractivity contribution in [3.8, 4) is 0 Å². The Morgan fingerprint density at radius 2 is 2.44 bits per heavy atom. The van der Waals surface area contributed by atoms with Gasteiger partial charge in [0.05, 0.1) is 7.11 Å². The zero-order chi connectivity index (χ0) is 6.69. The molecular formula is C7H10O2. The number of methoxy groups -OCH3 is 1. The zero-order valence-corrected chi connectivity index (χ0v) is 5.63. The summed E-state index contributed by atoms with van der Waals surface area (Å²) >= 11 is 0. The minimum atomic E-state index is 0.143. The average molecular weight is 126 g/mol. The van der Waals surface area contributed by atoms with Crippen molar-refractivity contribution in [3.63, 3.8) is 0 Å². The van der Waals surface area contributed by atoms with Gasteiger partial charge >= 0.3 is 0 Å². The molecule has 1 atom stereocenters. The molecule has 1 heterocycles. The summed E-state index contributed by atoms with van der Waals surface area (Å²) < 4.78 is 10.0. The molecule has 0 bridgehead atoms. The van der Waals surface area contributed by atoms with Crippen LogP contribution in [0.4, 0.5) is 0 Å². The third-order valence-corrected chi connectivity index (χ3v) is 1.12. The van der Waals surface area contributed by atoms with Gasteiger partial charge in [-0.05, 0) is 13.0 Å². The van der Waals surface area contributed by atoms with E-state index in [0.717, 1.165) is 0 Å². The monoisotopic (exact) mass is 126 g/mol. The van der Waals surface area contributed by atoms with Gasteiger partial charge in [0.25, 0.3) is 5.95 Å². The maximum atomic E-state index is 5.19. The molecule has 0 radical (unpaired) electrons. The zero-order valence-electron chi connectivity index (χ0n) is 5.63. The topological polar surface area (TPSA) is 18.5 Å². The van der Waals surface area contributed by atoms with Crippen LogP contribution in [-0.4, -0.2) is 13.2 Å². The van der Waals surface area contributed by atoms with E-state index in [1.54, 1.807) is 13.2 Å². The summed E-state index contributed by atoms with van der Waals surface area (Å²) in [5.74, 6) is 0.588. The molecule has 0 saturated heterocycles. The number of hydrogen-bond donors (Lipinski definition) is 0. The number of hydrogen-bond acceptors (Lipinski definition) is 2. The Kier molecular flexibility index (Phi) is 1.78. The normalized spacial score (nSPS) is 24.7. The third kappa shape index (κ3) is 1.49. The Hall–Kier alpha value is -0.920. The highest BCUT2D eigenvalue weighted by Gasteiger charge is 2.04. The molecular weight excluding hydrogens is 116 g/mol. The van der Waals surface area contributed by atoms with Gasteiger partial charge in [-0.15, -0.1) is 0 Å². The molecule has 2 nitrogen and oxygen atoms in total. The minimum absolute atomic E-state index is 0.143. The summed E-state index contributed by atoms with van der Waals surface area (Å²) in [5.41, 5.74) is 0. The molecule has 1 aliphatic rings. The van der Waals surface area contributed by atoms with Gasteiger partial charge < -0.3 is 9.47 Å². The third-order valence-electron chi connectivity index (χ3n) is 1.12. The van der Waals surface area contributed by atoms with Crippen LogP contribution in [0.3, 0.4) is 0 Å². The Bertz CT molecular complexity index is 147. The smallest absolute Gasteiger partial charge is 0.279 e. The molecule has 0 aliphatic carbocycles. The van der Waals surface area contributed by atoms with Gasteiger partial charge in [0, 0.05) is 6.08 Å². The second kappa shape index (κ2) is 2.58. The SMILES string of the molecule is COC1=CC=CC(C)O1. The van der Waals surface area contributed by atoms with E-state index in [2.05, 4.69) is 0 Å². The lowest BCUT2D eigenvalue weighted by molar-refractivity contribution is 0.0364. The maximum Gasteiger partial charge on any atom is 0.279 e. The van der Waals surface area contributed by atoms with Gasteiger partial charge in [0.1, 0.15) is 6.10 Å². The summed E-state index contributed by atoms with van der Waals surface area (Å²) in [5, 5.41) is 0. The van der Waals surface area contributed by atoms with Gasteiger partial charge in [0.2, 0.25) is 0 Å². The van der Waals surface area contributed by atoms with Gasteiger partial charge in [0.15, 0.2) is 0 Å². The number of ether oxygens (including phenoxy) is 2. The first kappa shape index (κ1) is 6.20. The molecule has 50 valence electrons. The van der Waals surface area contributed by atoms with E-state index in [1.165, 1.54) is 0 Å². The van der Waals surface area contributed by atoms with Crippen molar-refractivity contribution in [3.05, 3.63) is 24.2 Å². The van der Waals surface area contributed by atoms with Crippen molar-refractivity contribution in [1.29, 1.82) is 0 Å². The molecule has 0 spiro atoms. The Labute approximate surface area is 54.8 Å². The van der Waals surface area contributed by atoms with Gasteiger partial charge in [-0.25, -0.2) is 0 Å². The van der Waals surface area contributed by atoms with E-state index in [0.29, 0.717) is 5.95 Å². The summed E-state index contributed by atoms with van der Waals surface area (Å²) in [7, 11) is 1.59. The Morgan fingerprint density at radius 3 is 2.89 bits per heavy atom. The standard InChI is InChI=1S/C7H10O2/c1-6-4-3-5-7(8-2)9-6/h3-6H,1-2H3. The fraction of sp³-hybridized carbons (Fsp3) is 0.429. The van der Waals surface area contributed by atoms with Gasteiger partial charge in [-0.3, -0.25) is 0 Å². The van der Waals surface area contributed by atoms with Crippen molar-refractivity contribution < 1.29 is 9.47 Å². The molecule has 0 aromatic heterocycles. The Balaban J connectivity index is 2.55. The van der Waals surface area contributed by atoms with E-state index < -0.39 is 0 Å². The van der Waals surface area contributed by atoms with Crippen LogP contribution in [0.15, 0.2) is 24.2 Å². The van der Waals surface area contributed by atoms with Crippen LogP contribution in [0.1, 0.15) is 6.92 Å². The van der Waals surface area contributed by atoms with Crippen LogP contribution in [0.5, 0.6) is 0 Å². The lowest BCUT2D eigenvalue weighted by Crippen LogP contribution is -2.08. The Morgan fingerprint density at radius 1 is 1.67 bits per heavy atom. The lowest BCUT2D eigenvalue weighted by atomic mass is 10.3. The molecule has 0 amide bonds. The first-order valence-electron chi connectivity index (χ1n) is 2.92. The van der Waals surface area contributed by atoms with Crippen LogP contribution in [0.25, 0.3) is 0 Å². The van der Waals surface area contributed by atoms with Crippen LogP contribution < -0.4 is 0 Å². The fourth-order valence-corrected chi connectivity index (χ4v) is 0.669. The number of rotatable bonds is 1. The number of allylic oxidation sites excluding steroid dienone is 2. The van der Waals surface area contributed by atoms with E-state index in [4.69, 9.17) is 9.47 Å². The average Bonchev–Trinajstić information content (AvgIpc) is 1.88. The van der Waals surface area contributed by atoms with E-state index in [9.17, 15) is 0 Å². The van der Waals surface area contributed by atoms with Crippen molar-refractivity contribution in [2.75, 3.05) is 7.11 Å². The van der Waals surface area contributed by atoms with Crippen molar-refractivity contribution in [2.24, 2.45) is 0 Å². The molecule has 2 heteroatoms. The van der Waals surface area contributed by atoms with E-state index in [1.807, 2.05) is 19.1 Å². The largest absolute Gasteiger partial charge is 0.469 e. The second-order valence-corrected chi connectivity index (χ2v) is 1.90. The highest BCUT2D eigenvalue weighted by Crippen LogP contribution is 2.09. The first-order valence-corrected chi connectivity index (χ1v) is 2.92. The summed E-state index contributed by atoms with van der Waals surface area (Å²) in [6.45, 7) is 1.96. The predicted octanol–water partition coefficient (Wildman–Crippen LogP) is 1.45. The maximum absolute atomic E-state index is 5.19. The van der Waals surface area contributed by atoms with Crippen LogP contribution in [-0.2, 0) is 9.47 Å². The van der Waals surface area contributed by atoms with E-state index in [-0.39, 0.29) is 6.10 Å². The molecule has 1 unspecified atom stereocenters. The van der Waals surface area contributed by atoms with E-state index >= 15 is 0 Å². The minimum Gasteiger partial charge on any atom is -0.469 e. The molecule has 0 aromatic carbocycles. The molecule has 0 aromatic rings. The molecule has 0 N–H and O–H groups in total. The van der Waals surface area contributed by atoms with Crippen LogP contribution >= 0.6 is 0 Å². The van der Waals surface area contributed by atoms with Crippen LogP contribution in [0, 0.1) is 0 Å². The highest BCUT2D eigenvalue weighted by atomic mass is 16.7. The molecule has 1 aliphatic heterocycles. The van der Waals surface area contributed by atoms with Crippen molar-refractivity contribution >= 4 is 0 Å². The molecule has 0 saturated carbocycles. The van der Waals surface area contributed by atoms with Gasteiger partial charge in [-0.2, -0.15) is 0 Å². The highest BCUT2D eigenvalue weighted by molar-refractivity contribution is 5.10. The lowest BCUT2D eigenvalue weighted by Gasteiger charge is -2.14. The molecule has 0 fully saturated rings. The van der Waals surface area contributed by atoms with Crippen LogP contribution in [0.2, 0.25) is 0 Å². The summed E-state index contributed by atoms with van der Waals surface area (Å²) in [6, 6.07) is 0. The summed E-state index contributed by atoms with van der Waals surface area (Å²) in [6.07, 6.45) is 5.82. The van der Waals surface area contributed by atoms with Crippen molar-refractivity contribution in [2.45, 2.75) is 13.0 Å². The molecule has 9 heavy (non-hydrogen) atoms. The summed E-state index contributed by atoms with van der Waals surface area (Å²) in [4.78, 5) is 0.